The molecule has 1 aliphatic rings. The number of nitrogens with one attached hydrogen (secondary N) is 1. The minimum Gasteiger partial charge on any atom is -0.452 e. The molecule has 2 aromatic rings. The van der Waals surface area contributed by atoms with Crippen LogP contribution in [0.2, 0.25) is 0 Å². The number of para-hydroxylation sites is 1. The Morgan fingerprint density at radius 2 is 2.04 bits per heavy atom. The van der Waals surface area contributed by atoms with Crippen molar-refractivity contribution in [3.63, 3.8) is 0 Å². The average molecular weight is 390 g/mol. The number of benzene rings is 1. The number of esters is 1. The van der Waals surface area contributed by atoms with Crippen molar-refractivity contribution in [1.29, 1.82) is 0 Å². The van der Waals surface area contributed by atoms with Gasteiger partial charge in [0.2, 0.25) is 0 Å². The van der Waals surface area contributed by atoms with E-state index in [4.69, 9.17) is 4.74 Å². The molecule has 1 aromatic heterocycles. The van der Waals surface area contributed by atoms with E-state index in [0.717, 1.165) is 11.3 Å². The SMILES string of the molecule is CCc1nc2ccccc2c(C(=O)OCC(=O)NC2CCS(=O)(=O)C2)c1C. The molecule has 1 N–H and O–H groups in total. The van der Waals surface area contributed by atoms with Gasteiger partial charge in [-0.2, -0.15) is 0 Å². The van der Waals surface area contributed by atoms with Gasteiger partial charge in [-0.1, -0.05) is 25.1 Å². The van der Waals surface area contributed by atoms with Crippen LogP contribution in [0.25, 0.3) is 10.9 Å². The lowest BCUT2D eigenvalue weighted by molar-refractivity contribution is -0.124. The topological polar surface area (TPSA) is 102 Å². The van der Waals surface area contributed by atoms with Crippen molar-refractivity contribution >= 4 is 32.6 Å². The van der Waals surface area contributed by atoms with Gasteiger partial charge >= 0.3 is 5.97 Å². The van der Waals surface area contributed by atoms with Crippen LogP contribution in [0.4, 0.5) is 0 Å². The highest BCUT2D eigenvalue weighted by molar-refractivity contribution is 7.91. The first-order chi connectivity index (χ1) is 12.8. The number of aryl methyl sites for hydroxylation is 1. The summed E-state index contributed by atoms with van der Waals surface area (Å²) in [6, 6.07) is 6.88. The van der Waals surface area contributed by atoms with Crippen molar-refractivity contribution in [2.24, 2.45) is 0 Å². The van der Waals surface area contributed by atoms with Crippen LogP contribution >= 0.6 is 0 Å². The van der Waals surface area contributed by atoms with Gasteiger partial charge in [-0.25, -0.2) is 13.2 Å². The van der Waals surface area contributed by atoms with E-state index >= 15 is 0 Å². The molecule has 2 heterocycles. The van der Waals surface area contributed by atoms with Crippen molar-refractivity contribution in [2.75, 3.05) is 18.1 Å². The molecule has 1 atom stereocenters. The van der Waals surface area contributed by atoms with E-state index < -0.39 is 34.4 Å². The minimum atomic E-state index is -3.08. The Labute approximate surface area is 158 Å². The van der Waals surface area contributed by atoms with Gasteiger partial charge in [-0.15, -0.1) is 0 Å². The fourth-order valence-electron chi connectivity index (χ4n) is 3.35. The highest BCUT2D eigenvalue weighted by Gasteiger charge is 2.29. The minimum absolute atomic E-state index is 0.0688. The predicted molar refractivity (Wildman–Crippen MR) is 101 cm³/mol. The first-order valence-electron chi connectivity index (χ1n) is 8.86. The van der Waals surface area contributed by atoms with Gasteiger partial charge < -0.3 is 10.1 Å². The molecular formula is C19H22N2O5S. The van der Waals surface area contributed by atoms with E-state index in [9.17, 15) is 18.0 Å². The number of carbonyl (C=O) groups excluding carboxylic acids is 2. The summed E-state index contributed by atoms with van der Waals surface area (Å²) in [5, 5.41) is 3.29. The molecule has 1 amide bonds. The average Bonchev–Trinajstić information content (AvgIpc) is 2.97. The van der Waals surface area contributed by atoms with Crippen LogP contribution in [0.15, 0.2) is 24.3 Å². The number of hydrogen-bond acceptors (Lipinski definition) is 6. The Morgan fingerprint density at radius 1 is 1.30 bits per heavy atom. The van der Waals surface area contributed by atoms with Crippen LogP contribution in [-0.2, 0) is 25.8 Å². The summed E-state index contributed by atoms with van der Waals surface area (Å²) in [5.41, 5.74) is 2.66. The normalized spacial score (nSPS) is 18.4. The summed E-state index contributed by atoms with van der Waals surface area (Å²) >= 11 is 0. The number of carbonyl (C=O) groups is 2. The van der Waals surface area contributed by atoms with E-state index in [1.807, 2.05) is 32.0 Å². The van der Waals surface area contributed by atoms with E-state index in [1.165, 1.54) is 0 Å². The predicted octanol–water partition coefficient (Wildman–Crippen LogP) is 1.57. The maximum atomic E-state index is 12.7. The van der Waals surface area contributed by atoms with Gasteiger partial charge in [0.15, 0.2) is 16.4 Å². The van der Waals surface area contributed by atoms with Crippen LogP contribution < -0.4 is 5.32 Å². The second-order valence-corrected chi connectivity index (χ2v) is 8.90. The first kappa shape index (κ1) is 19.3. The molecule has 7 nitrogen and oxygen atoms in total. The smallest absolute Gasteiger partial charge is 0.339 e. The van der Waals surface area contributed by atoms with Crippen molar-refractivity contribution < 1.29 is 22.7 Å². The van der Waals surface area contributed by atoms with Gasteiger partial charge in [0.1, 0.15) is 0 Å². The van der Waals surface area contributed by atoms with Crippen LogP contribution in [-0.4, -0.2) is 49.4 Å². The number of ether oxygens (including phenoxy) is 1. The summed E-state index contributed by atoms with van der Waals surface area (Å²) < 4.78 is 28.1. The van der Waals surface area contributed by atoms with Gasteiger partial charge in [-0.3, -0.25) is 9.78 Å². The zero-order valence-corrected chi connectivity index (χ0v) is 16.1. The molecule has 0 saturated carbocycles. The molecule has 0 bridgehead atoms. The van der Waals surface area contributed by atoms with E-state index in [-0.39, 0.29) is 11.5 Å². The van der Waals surface area contributed by atoms with Gasteiger partial charge in [-0.05, 0) is 31.4 Å². The largest absolute Gasteiger partial charge is 0.452 e. The Morgan fingerprint density at radius 3 is 2.70 bits per heavy atom. The molecular weight excluding hydrogens is 368 g/mol. The monoisotopic (exact) mass is 390 g/mol. The molecule has 1 saturated heterocycles. The maximum Gasteiger partial charge on any atom is 0.339 e. The number of pyridine rings is 1. The third-order valence-corrected chi connectivity index (χ3v) is 6.48. The summed E-state index contributed by atoms with van der Waals surface area (Å²) in [4.78, 5) is 29.3. The number of rotatable bonds is 5. The Balaban J connectivity index is 1.73. The Kier molecular flexibility index (Phi) is 5.46. The molecule has 8 heteroatoms. The van der Waals surface area contributed by atoms with Crippen LogP contribution in [0.1, 0.15) is 35.0 Å². The maximum absolute atomic E-state index is 12.7. The van der Waals surface area contributed by atoms with E-state index in [1.54, 1.807) is 6.07 Å². The highest BCUT2D eigenvalue weighted by Crippen LogP contribution is 2.24. The summed E-state index contributed by atoms with van der Waals surface area (Å²) in [6.07, 6.45) is 1.06. The third kappa shape index (κ3) is 4.27. The fourth-order valence-corrected chi connectivity index (χ4v) is 5.02. The zero-order valence-electron chi connectivity index (χ0n) is 15.3. The molecule has 27 heavy (non-hydrogen) atoms. The van der Waals surface area contributed by atoms with Crippen molar-refractivity contribution in [3.8, 4) is 0 Å². The summed E-state index contributed by atoms with van der Waals surface area (Å²) in [7, 11) is -3.08. The van der Waals surface area contributed by atoms with Crippen LogP contribution in [0.3, 0.4) is 0 Å². The van der Waals surface area contributed by atoms with Gasteiger partial charge in [0.25, 0.3) is 5.91 Å². The molecule has 1 fully saturated rings. The molecule has 1 unspecified atom stereocenters. The van der Waals surface area contributed by atoms with Crippen LogP contribution in [0, 0.1) is 6.92 Å². The number of aromatic nitrogens is 1. The quantitative estimate of drug-likeness (QED) is 0.778. The molecule has 1 aromatic carbocycles. The Bertz CT molecular complexity index is 1000. The zero-order chi connectivity index (χ0) is 19.6. The molecule has 0 aliphatic carbocycles. The second kappa shape index (κ2) is 7.64. The van der Waals surface area contributed by atoms with E-state index in [0.29, 0.717) is 29.3 Å². The van der Waals surface area contributed by atoms with Gasteiger partial charge in [0, 0.05) is 17.1 Å². The Hall–Kier alpha value is -2.48. The second-order valence-electron chi connectivity index (χ2n) is 6.67. The molecule has 0 spiro atoms. The highest BCUT2D eigenvalue weighted by atomic mass is 32.2. The standard InChI is InChI=1S/C19H22N2O5S/c1-3-15-12(2)18(14-6-4-5-7-16(14)21-15)19(23)26-10-17(22)20-13-8-9-27(24,25)11-13/h4-7,13H,3,8-11H2,1-2H3,(H,20,22). The van der Waals surface area contributed by atoms with Gasteiger partial charge in [0.05, 0.1) is 22.6 Å². The summed E-state index contributed by atoms with van der Waals surface area (Å²) in [5.74, 6) is -1.09. The fraction of sp³-hybridized carbons (Fsp3) is 0.421. The lowest BCUT2D eigenvalue weighted by Crippen LogP contribution is -2.38. The number of fused-ring (bicyclic) bond motifs is 1. The number of sulfone groups is 1. The lowest BCUT2D eigenvalue weighted by Gasteiger charge is -2.14. The van der Waals surface area contributed by atoms with Crippen molar-refractivity contribution in [1.82, 2.24) is 10.3 Å². The number of hydrogen-bond donors (Lipinski definition) is 1. The molecule has 0 radical (unpaired) electrons. The molecule has 3 rings (SSSR count). The van der Waals surface area contributed by atoms with E-state index in [2.05, 4.69) is 10.3 Å². The van der Waals surface area contributed by atoms with Crippen molar-refractivity contribution in [2.45, 2.75) is 32.7 Å². The lowest BCUT2D eigenvalue weighted by atomic mass is 10.0. The third-order valence-electron chi connectivity index (χ3n) is 4.71. The molecule has 144 valence electrons. The number of amides is 1. The first-order valence-corrected chi connectivity index (χ1v) is 10.7. The van der Waals surface area contributed by atoms with Crippen LogP contribution in [0.5, 0.6) is 0 Å². The van der Waals surface area contributed by atoms with Crippen molar-refractivity contribution in [3.05, 3.63) is 41.1 Å². The number of nitrogens with zero attached hydrogens (tertiary/aromatic N) is 1. The summed E-state index contributed by atoms with van der Waals surface area (Å²) in [6.45, 7) is 3.33. The molecule has 1 aliphatic heterocycles.